The van der Waals surface area contributed by atoms with Gasteiger partial charge in [0.15, 0.2) is 5.82 Å². The summed E-state index contributed by atoms with van der Waals surface area (Å²) in [7, 11) is -2.24. The maximum absolute atomic E-state index is 12.6. The lowest BCUT2D eigenvalue weighted by molar-refractivity contribution is 0.309. The summed E-state index contributed by atoms with van der Waals surface area (Å²) in [6, 6.07) is 6.52. The Hall–Kier alpha value is -2.46. The van der Waals surface area contributed by atoms with Gasteiger partial charge in [-0.1, -0.05) is 13.3 Å². The molecule has 0 atom stereocenters. The number of ether oxygens (including phenoxy) is 2. The number of aromatic nitrogens is 3. The van der Waals surface area contributed by atoms with Crippen LogP contribution in [0, 0.1) is 0 Å². The topological polar surface area (TPSA) is 107 Å². The second kappa shape index (κ2) is 9.84. The number of unbranched alkanes of at least 4 members (excludes halogenated alkanes) is 1. The van der Waals surface area contributed by atoms with Gasteiger partial charge in [-0.15, -0.1) is 0 Å². The summed E-state index contributed by atoms with van der Waals surface area (Å²) in [6.07, 6.45) is 4.15. The van der Waals surface area contributed by atoms with E-state index in [9.17, 15) is 8.42 Å². The molecule has 29 heavy (non-hydrogen) atoms. The number of methoxy groups -OCH3 is 1. The van der Waals surface area contributed by atoms with Crippen molar-refractivity contribution in [2.45, 2.75) is 44.0 Å². The first-order valence-corrected chi connectivity index (χ1v) is 11.3. The van der Waals surface area contributed by atoms with Gasteiger partial charge >= 0.3 is 6.01 Å². The van der Waals surface area contributed by atoms with Gasteiger partial charge in [0.05, 0.1) is 25.2 Å². The number of nitrogens with zero attached hydrogens (tertiary/aromatic N) is 4. The molecular formula is C19H27N5O4S. The minimum atomic E-state index is -3.71. The van der Waals surface area contributed by atoms with Gasteiger partial charge in [-0.05, 0) is 43.5 Å². The predicted molar refractivity (Wildman–Crippen MR) is 109 cm³/mol. The van der Waals surface area contributed by atoms with Crippen LogP contribution in [0.2, 0.25) is 0 Å². The van der Waals surface area contributed by atoms with Gasteiger partial charge in [-0.2, -0.15) is 15.0 Å². The molecule has 0 spiro atoms. The summed E-state index contributed by atoms with van der Waals surface area (Å²) in [4.78, 5) is 15.0. The van der Waals surface area contributed by atoms with E-state index in [1.54, 1.807) is 12.1 Å². The molecule has 10 heteroatoms. The second-order valence-electron chi connectivity index (χ2n) is 6.73. The number of anilines is 1. The average molecular weight is 422 g/mol. The zero-order valence-electron chi connectivity index (χ0n) is 16.8. The van der Waals surface area contributed by atoms with E-state index >= 15 is 0 Å². The quantitative estimate of drug-likeness (QED) is 0.582. The van der Waals surface area contributed by atoms with Crippen molar-refractivity contribution < 1.29 is 17.9 Å². The molecule has 0 saturated carbocycles. The standard InChI is InChI=1S/C19H27N5O4S/c1-3-4-13-28-15-7-9-16(10-8-15)29(25,26)20-14-17-21-18(23-19(22-17)27-2)24-11-5-6-12-24/h7-10,20H,3-6,11-14H2,1-2H3. The van der Waals surface area contributed by atoms with Crippen LogP contribution < -0.4 is 19.1 Å². The van der Waals surface area contributed by atoms with Gasteiger partial charge in [0, 0.05) is 13.1 Å². The first-order chi connectivity index (χ1) is 14.0. The molecule has 1 N–H and O–H groups in total. The van der Waals surface area contributed by atoms with Gasteiger partial charge in [-0.3, -0.25) is 0 Å². The van der Waals surface area contributed by atoms with Crippen LogP contribution in [0.4, 0.5) is 5.95 Å². The summed E-state index contributed by atoms with van der Waals surface area (Å²) in [5.41, 5.74) is 0. The Labute approximate surface area is 171 Å². The number of benzene rings is 1. The number of rotatable bonds is 10. The van der Waals surface area contributed by atoms with Crippen molar-refractivity contribution in [1.82, 2.24) is 19.7 Å². The highest BCUT2D eigenvalue weighted by atomic mass is 32.2. The van der Waals surface area contributed by atoms with Crippen molar-refractivity contribution in [2.75, 3.05) is 31.7 Å². The number of nitrogens with one attached hydrogen (secondary N) is 1. The predicted octanol–water partition coefficient (Wildman–Crippen LogP) is 2.14. The number of sulfonamides is 1. The van der Waals surface area contributed by atoms with E-state index in [0.717, 1.165) is 38.8 Å². The molecule has 1 fully saturated rings. The number of hydrogen-bond donors (Lipinski definition) is 1. The minimum absolute atomic E-state index is 0.0587. The molecule has 158 valence electrons. The maximum Gasteiger partial charge on any atom is 0.321 e. The lowest BCUT2D eigenvalue weighted by Gasteiger charge is -2.16. The van der Waals surface area contributed by atoms with Crippen LogP contribution in [0.15, 0.2) is 29.2 Å². The Morgan fingerprint density at radius 1 is 1.10 bits per heavy atom. The van der Waals surface area contributed by atoms with E-state index in [-0.39, 0.29) is 17.5 Å². The molecule has 3 rings (SSSR count). The molecule has 2 aromatic rings. The normalized spacial score (nSPS) is 14.2. The van der Waals surface area contributed by atoms with Crippen molar-refractivity contribution in [2.24, 2.45) is 0 Å². The van der Waals surface area contributed by atoms with Crippen LogP contribution in [0.5, 0.6) is 11.8 Å². The van der Waals surface area contributed by atoms with Gasteiger partial charge in [-0.25, -0.2) is 13.1 Å². The van der Waals surface area contributed by atoms with Crippen molar-refractivity contribution in [3.8, 4) is 11.8 Å². The maximum atomic E-state index is 12.6. The zero-order chi connectivity index (χ0) is 20.7. The molecule has 0 amide bonds. The third-order valence-corrected chi connectivity index (χ3v) is 5.96. The van der Waals surface area contributed by atoms with Gasteiger partial charge in [0.1, 0.15) is 5.75 Å². The molecule has 0 unspecified atom stereocenters. The molecule has 1 aliphatic heterocycles. The molecule has 9 nitrogen and oxygen atoms in total. The fourth-order valence-corrected chi connectivity index (χ4v) is 3.89. The Morgan fingerprint density at radius 2 is 1.83 bits per heavy atom. The molecule has 1 aromatic carbocycles. The third kappa shape index (κ3) is 5.77. The highest BCUT2D eigenvalue weighted by molar-refractivity contribution is 7.89. The first-order valence-electron chi connectivity index (χ1n) is 9.78. The lowest BCUT2D eigenvalue weighted by atomic mass is 10.3. The SMILES string of the molecule is CCCCOc1ccc(S(=O)(=O)NCc2nc(OC)nc(N3CCCC3)n2)cc1. The Kier molecular flexibility index (Phi) is 7.21. The molecule has 1 aliphatic rings. The minimum Gasteiger partial charge on any atom is -0.494 e. The summed E-state index contributed by atoms with van der Waals surface area (Å²) in [6.45, 7) is 4.37. The summed E-state index contributed by atoms with van der Waals surface area (Å²) >= 11 is 0. The van der Waals surface area contributed by atoms with E-state index in [1.165, 1.54) is 19.2 Å². The van der Waals surface area contributed by atoms with Gasteiger partial charge < -0.3 is 14.4 Å². The second-order valence-corrected chi connectivity index (χ2v) is 8.50. The largest absolute Gasteiger partial charge is 0.494 e. The van der Waals surface area contributed by atoms with E-state index < -0.39 is 10.0 Å². The fourth-order valence-electron chi connectivity index (χ4n) is 2.91. The van der Waals surface area contributed by atoms with Crippen LogP contribution in [-0.4, -0.2) is 50.2 Å². The van der Waals surface area contributed by atoms with E-state index in [1.807, 2.05) is 4.90 Å². The Balaban J connectivity index is 1.67. The third-order valence-electron chi connectivity index (χ3n) is 4.54. The lowest BCUT2D eigenvalue weighted by Crippen LogP contribution is -2.26. The average Bonchev–Trinajstić information content (AvgIpc) is 3.28. The van der Waals surface area contributed by atoms with Crippen molar-refractivity contribution in [3.63, 3.8) is 0 Å². The van der Waals surface area contributed by atoms with Crippen LogP contribution in [0.25, 0.3) is 0 Å². The Morgan fingerprint density at radius 3 is 2.48 bits per heavy atom. The number of hydrogen-bond acceptors (Lipinski definition) is 8. The molecule has 0 bridgehead atoms. The summed E-state index contributed by atoms with van der Waals surface area (Å²) in [5.74, 6) is 1.47. The van der Waals surface area contributed by atoms with Crippen molar-refractivity contribution >= 4 is 16.0 Å². The van der Waals surface area contributed by atoms with Crippen LogP contribution in [0.3, 0.4) is 0 Å². The summed E-state index contributed by atoms with van der Waals surface area (Å²) in [5, 5.41) is 0. The fraction of sp³-hybridized carbons (Fsp3) is 0.526. The summed E-state index contributed by atoms with van der Waals surface area (Å²) < 4.78 is 38.5. The molecular weight excluding hydrogens is 394 g/mol. The van der Waals surface area contributed by atoms with Crippen molar-refractivity contribution in [1.29, 1.82) is 0 Å². The van der Waals surface area contributed by atoms with E-state index in [4.69, 9.17) is 9.47 Å². The van der Waals surface area contributed by atoms with Crippen molar-refractivity contribution in [3.05, 3.63) is 30.1 Å². The zero-order valence-corrected chi connectivity index (χ0v) is 17.6. The monoisotopic (exact) mass is 421 g/mol. The van der Waals surface area contributed by atoms with Crippen LogP contribution in [-0.2, 0) is 16.6 Å². The molecule has 1 aromatic heterocycles. The first kappa shape index (κ1) is 21.3. The van der Waals surface area contributed by atoms with Crippen LogP contribution in [0.1, 0.15) is 38.4 Å². The van der Waals surface area contributed by atoms with Gasteiger partial charge in [0.2, 0.25) is 16.0 Å². The molecule has 1 saturated heterocycles. The van der Waals surface area contributed by atoms with Crippen LogP contribution >= 0.6 is 0 Å². The highest BCUT2D eigenvalue weighted by Crippen LogP contribution is 2.19. The van der Waals surface area contributed by atoms with E-state index in [0.29, 0.717) is 24.1 Å². The smallest absolute Gasteiger partial charge is 0.321 e. The highest BCUT2D eigenvalue weighted by Gasteiger charge is 2.19. The van der Waals surface area contributed by atoms with Gasteiger partial charge in [0.25, 0.3) is 0 Å². The molecule has 0 radical (unpaired) electrons. The molecule has 2 heterocycles. The molecule has 0 aliphatic carbocycles. The Bertz CT molecular complexity index is 899. The van der Waals surface area contributed by atoms with E-state index in [2.05, 4.69) is 26.6 Å².